The highest BCUT2D eigenvalue weighted by Gasteiger charge is 2.42. The standard InChI is InChI=1S/C22H28N2O4S/c1-3-24-19-12-14-23(16-17-8-10-18(27-2)11-9-17)15-13-20(19)28-21-6-4-5-7-22(21)29(24,25)26/h4-11,19-20H,3,12-16H2,1-2H3/t19-,20-/m0/s1. The van der Waals surface area contributed by atoms with Crippen LogP contribution in [0.3, 0.4) is 0 Å². The van der Waals surface area contributed by atoms with Crippen molar-refractivity contribution in [2.75, 3.05) is 26.7 Å². The minimum atomic E-state index is -3.56. The lowest BCUT2D eigenvalue weighted by Crippen LogP contribution is -2.46. The number of benzene rings is 2. The summed E-state index contributed by atoms with van der Waals surface area (Å²) < 4.78 is 39.7. The van der Waals surface area contributed by atoms with E-state index in [9.17, 15) is 8.42 Å². The van der Waals surface area contributed by atoms with E-state index in [1.165, 1.54) is 5.56 Å². The Morgan fingerprint density at radius 2 is 1.79 bits per heavy atom. The molecule has 4 rings (SSSR count). The molecule has 2 aliphatic heterocycles. The highest BCUT2D eigenvalue weighted by molar-refractivity contribution is 7.89. The summed E-state index contributed by atoms with van der Waals surface area (Å²) in [6, 6.07) is 15.0. The van der Waals surface area contributed by atoms with Crippen molar-refractivity contribution in [3.8, 4) is 11.5 Å². The molecule has 0 amide bonds. The van der Waals surface area contributed by atoms with Gasteiger partial charge in [-0.3, -0.25) is 4.90 Å². The summed E-state index contributed by atoms with van der Waals surface area (Å²) in [5.74, 6) is 1.32. The minimum absolute atomic E-state index is 0.144. The zero-order chi connectivity index (χ0) is 20.4. The number of hydrogen-bond acceptors (Lipinski definition) is 5. The largest absolute Gasteiger partial charge is 0.497 e. The van der Waals surface area contributed by atoms with Crippen molar-refractivity contribution in [2.45, 2.75) is 43.4 Å². The number of likely N-dealkylation sites (N-methyl/N-ethyl adjacent to an activating group) is 1. The van der Waals surface area contributed by atoms with E-state index in [-0.39, 0.29) is 17.0 Å². The van der Waals surface area contributed by atoms with Crippen molar-refractivity contribution < 1.29 is 17.9 Å². The van der Waals surface area contributed by atoms with Crippen LogP contribution in [0.5, 0.6) is 11.5 Å². The molecular formula is C22H28N2O4S. The molecule has 156 valence electrons. The van der Waals surface area contributed by atoms with Crippen molar-refractivity contribution in [2.24, 2.45) is 0 Å². The molecule has 1 fully saturated rings. The fourth-order valence-electron chi connectivity index (χ4n) is 4.36. The Kier molecular flexibility index (Phi) is 5.81. The smallest absolute Gasteiger partial charge is 0.247 e. The number of nitrogens with zero attached hydrogens (tertiary/aromatic N) is 2. The van der Waals surface area contributed by atoms with Crippen LogP contribution in [0.1, 0.15) is 25.3 Å². The van der Waals surface area contributed by atoms with Gasteiger partial charge in [-0.15, -0.1) is 0 Å². The third-order valence-corrected chi connectivity index (χ3v) is 7.90. The third-order valence-electron chi connectivity index (χ3n) is 5.86. The van der Waals surface area contributed by atoms with Crippen molar-refractivity contribution in [3.63, 3.8) is 0 Å². The van der Waals surface area contributed by atoms with Crippen molar-refractivity contribution in [3.05, 3.63) is 54.1 Å². The number of hydrogen-bond donors (Lipinski definition) is 0. The van der Waals surface area contributed by atoms with E-state index in [0.717, 1.165) is 38.2 Å². The van der Waals surface area contributed by atoms with Crippen LogP contribution in [-0.2, 0) is 16.6 Å². The molecule has 0 bridgehead atoms. The van der Waals surface area contributed by atoms with Crippen LogP contribution < -0.4 is 9.47 Å². The molecule has 2 atom stereocenters. The van der Waals surface area contributed by atoms with E-state index in [2.05, 4.69) is 17.0 Å². The fraction of sp³-hybridized carbons (Fsp3) is 0.455. The van der Waals surface area contributed by atoms with Gasteiger partial charge in [0.15, 0.2) is 0 Å². The van der Waals surface area contributed by atoms with Gasteiger partial charge in [0, 0.05) is 26.2 Å². The van der Waals surface area contributed by atoms with Gasteiger partial charge in [-0.2, -0.15) is 4.31 Å². The third kappa shape index (κ3) is 3.99. The van der Waals surface area contributed by atoms with Gasteiger partial charge >= 0.3 is 0 Å². The molecule has 0 spiro atoms. The predicted molar refractivity (Wildman–Crippen MR) is 112 cm³/mol. The highest BCUT2D eigenvalue weighted by Crippen LogP contribution is 2.36. The SMILES string of the molecule is CCN1[C@H]2CCN(Cc3ccc(OC)cc3)CC[C@@H]2Oc2ccccc2S1(=O)=O. The van der Waals surface area contributed by atoms with Gasteiger partial charge in [0.2, 0.25) is 10.0 Å². The number of para-hydroxylation sites is 1. The summed E-state index contributed by atoms with van der Waals surface area (Å²) in [6.07, 6.45) is 1.40. The second-order valence-electron chi connectivity index (χ2n) is 7.58. The lowest BCUT2D eigenvalue weighted by atomic mass is 10.1. The first-order valence-electron chi connectivity index (χ1n) is 10.2. The lowest BCUT2D eigenvalue weighted by molar-refractivity contribution is 0.115. The topological polar surface area (TPSA) is 59.1 Å². The molecule has 2 aliphatic rings. The van der Waals surface area contributed by atoms with Crippen LogP contribution in [0.15, 0.2) is 53.4 Å². The molecule has 2 aromatic rings. The molecule has 0 unspecified atom stereocenters. The molecular weight excluding hydrogens is 388 g/mol. The number of sulfonamides is 1. The Morgan fingerprint density at radius 1 is 1.07 bits per heavy atom. The molecule has 0 saturated carbocycles. The zero-order valence-electron chi connectivity index (χ0n) is 17.0. The quantitative estimate of drug-likeness (QED) is 0.766. The van der Waals surface area contributed by atoms with Crippen LogP contribution in [0.25, 0.3) is 0 Å². The predicted octanol–water partition coefficient (Wildman–Crippen LogP) is 3.13. The fourth-order valence-corrected chi connectivity index (χ4v) is 6.17. The van der Waals surface area contributed by atoms with Gasteiger partial charge in [-0.05, 0) is 42.7 Å². The summed E-state index contributed by atoms with van der Waals surface area (Å²) in [6.45, 7) is 4.88. The Hall–Kier alpha value is -2.09. The Morgan fingerprint density at radius 3 is 2.52 bits per heavy atom. The molecule has 29 heavy (non-hydrogen) atoms. The summed E-state index contributed by atoms with van der Waals surface area (Å²) in [7, 11) is -1.90. The summed E-state index contributed by atoms with van der Waals surface area (Å²) in [4.78, 5) is 2.66. The summed E-state index contributed by atoms with van der Waals surface area (Å²) in [5.41, 5.74) is 1.22. The number of likely N-dealkylation sites (tertiary alicyclic amines) is 1. The van der Waals surface area contributed by atoms with E-state index < -0.39 is 10.0 Å². The molecule has 0 radical (unpaired) electrons. The average molecular weight is 417 g/mol. The average Bonchev–Trinajstić information content (AvgIpc) is 2.96. The lowest BCUT2D eigenvalue weighted by Gasteiger charge is -2.30. The Bertz CT molecular complexity index is 946. The molecule has 0 aliphatic carbocycles. The van der Waals surface area contributed by atoms with Crippen LogP contribution in [-0.4, -0.2) is 56.5 Å². The summed E-state index contributed by atoms with van der Waals surface area (Å²) >= 11 is 0. The molecule has 2 heterocycles. The van der Waals surface area contributed by atoms with Crippen LogP contribution >= 0.6 is 0 Å². The number of fused-ring (bicyclic) bond motifs is 2. The maximum Gasteiger partial charge on any atom is 0.247 e. The van der Waals surface area contributed by atoms with Gasteiger partial charge in [-0.25, -0.2) is 8.42 Å². The molecule has 2 aromatic carbocycles. The molecule has 0 aromatic heterocycles. The normalized spacial score (nSPS) is 24.5. The van der Waals surface area contributed by atoms with Gasteiger partial charge in [-0.1, -0.05) is 31.2 Å². The number of methoxy groups -OCH3 is 1. The molecule has 6 nitrogen and oxygen atoms in total. The van der Waals surface area contributed by atoms with Gasteiger partial charge < -0.3 is 9.47 Å². The van der Waals surface area contributed by atoms with Crippen molar-refractivity contribution in [1.29, 1.82) is 0 Å². The Balaban J connectivity index is 1.56. The van der Waals surface area contributed by atoms with Gasteiger partial charge in [0.05, 0.1) is 13.2 Å². The first kappa shape index (κ1) is 20.2. The molecule has 0 N–H and O–H groups in total. The van der Waals surface area contributed by atoms with E-state index in [1.54, 1.807) is 29.6 Å². The van der Waals surface area contributed by atoms with Gasteiger partial charge in [0.25, 0.3) is 0 Å². The van der Waals surface area contributed by atoms with E-state index in [1.807, 2.05) is 25.1 Å². The molecule has 7 heteroatoms. The maximum atomic E-state index is 13.3. The van der Waals surface area contributed by atoms with Crippen molar-refractivity contribution in [1.82, 2.24) is 9.21 Å². The monoisotopic (exact) mass is 416 g/mol. The minimum Gasteiger partial charge on any atom is -0.497 e. The highest BCUT2D eigenvalue weighted by atomic mass is 32.2. The van der Waals surface area contributed by atoms with Crippen LogP contribution in [0, 0.1) is 0 Å². The van der Waals surface area contributed by atoms with Gasteiger partial charge in [0.1, 0.15) is 22.5 Å². The zero-order valence-corrected chi connectivity index (χ0v) is 17.8. The first-order chi connectivity index (χ1) is 14.0. The molecule has 1 saturated heterocycles. The first-order valence-corrected chi connectivity index (χ1v) is 11.6. The van der Waals surface area contributed by atoms with Crippen LogP contribution in [0.4, 0.5) is 0 Å². The van der Waals surface area contributed by atoms with E-state index >= 15 is 0 Å². The van der Waals surface area contributed by atoms with E-state index in [0.29, 0.717) is 12.3 Å². The number of ether oxygens (including phenoxy) is 2. The van der Waals surface area contributed by atoms with Crippen molar-refractivity contribution >= 4 is 10.0 Å². The maximum absolute atomic E-state index is 13.3. The van der Waals surface area contributed by atoms with E-state index in [4.69, 9.17) is 9.47 Å². The second kappa shape index (κ2) is 8.34. The second-order valence-corrected chi connectivity index (χ2v) is 9.44. The van der Waals surface area contributed by atoms with Crippen LogP contribution in [0.2, 0.25) is 0 Å². The number of rotatable bonds is 4. The Labute approximate surface area is 173 Å². The summed E-state index contributed by atoms with van der Waals surface area (Å²) in [5, 5.41) is 0.